The first-order chi connectivity index (χ1) is 14.5. The molecule has 0 bridgehead atoms. The molecule has 0 aliphatic rings. The summed E-state index contributed by atoms with van der Waals surface area (Å²) in [5.74, 6) is 0.172. The topological polar surface area (TPSA) is 29.1 Å². The molecule has 1 amide bonds. The SMILES string of the molecule is CCCCCCCCCCCCCCCCNC(=O)C[N+](C)(C)Cc1ccccc1.[Cl-]. The smallest absolute Gasteiger partial charge is 0.275 e. The molecule has 180 valence electrons. The lowest BCUT2D eigenvalue weighted by atomic mass is 10.0. The largest absolute Gasteiger partial charge is 1.00 e. The van der Waals surface area contributed by atoms with Crippen molar-refractivity contribution in [1.82, 2.24) is 5.32 Å². The van der Waals surface area contributed by atoms with Gasteiger partial charge in [-0.3, -0.25) is 4.79 Å². The zero-order chi connectivity index (χ0) is 21.9. The highest BCUT2D eigenvalue weighted by atomic mass is 35.5. The molecule has 0 heterocycles. The lowest BCUT2D eigenvalue weighted by Crippen LogP contribution is -3.00. The first-order valence-corrected chi connectivity index (χ1v) is 12.7. The van der Waals surface area contributed by atoms with Crippen molar-refractivity contribution in [1.29, 1.82) is 0 Å². The number of nitrogens with one attached hydrogen (secondary N) is 1. The number of unbranched alkanes of at least 4 members (excludes halogenated alkanes) is 13. The monoisotopic (exact) mass is 452 g/mol. The van der Waals surface area contributed by atoms with E-state index in [2.05, 4.69) is 50.6 Å². The highest BCUT2D eigenvalue weighted by molar-refractivity contribution is 5.77. The Morgan fingerprint density at radius 1 is 0.742 bits per heavy atom. The van der Waals surface area contributed by atoms with Crippen molar-refractivity contribution in [3.63, 3.8) is 0 Å². The van der Waals surface area contributed by atoms with Crippen LogP contribution in [0.2, 0.25) is 0 Å². The number of amides is 1. The van der Waals surface area contributed by atoms with Crippen LogP contribution in [-0.4, -0.2) is 37.6 Å². The fraction of sp³-hybridized carbons (Fsp3) is 0.741. The van der Waals surface area contributed by atoms with Crippen LogP contribution >= 0.6 is 0 Å². The van der Waals surface area contributed by atoms with Gasteiger partial charge in [0.15, 0.2) is 6.54 Å². The number of hydrogen-bond donors (Lipinski definition) is 1. The summed E-state index contributed by atoms with van der Waals surface area (Å²) >= 11 is 0. The van der Waals surface area contributed by atoms with Crippen LogP contribution in [0, 0.1) is 0 Å². The molecular weight excluding hydrogens is 404 g/mol. The second-order valence-electron chi connectivity index (χ2n) is 9.68. The molecule has 0 saturated carbocycles. The van der Waals surface area contributed by atoms with Crippen LogP contribution < -0.4 is 17.7 Å². The molecule has 0 atom stereocenters. The molecule has 1 aromatic carbocycles. The van der Waals surface area contributed by atoms with Gasteiger partial charge in [-0.1, -0.05) is 121 Å². The van der Waals surface area contributed by atoms with Crippen molar-refractivity contribution < 1.29 is 21.7 Å². The van der Waals surface area contributed by atoms with E-state index in [-0.39, 0.29) is 18.3 Å². The Balaban J connectivity index is 0.00000900. The summed E-state index contributed by atoms with van der Waals surface area (Å²) < 4.78 is 0.689. The summed E-state index contributed by atoms with van der Waals surface area (Å²) in [6, 6.07) is 10.4. The molecule has 0 unspecified atom stereocenters. The Kier molecular flexibility index (Phi) is 18.9. The van der Waals surface area contributed by atoms with Crippen molar-refractivity contribution in [3.05, 3.63) is 35.9 Å². The standard InChI is InChI=1S/C27H48N2O.ClH/c1-4-5-6-7-8-9-10-11-12-13-14-15-16-20-23-28-27(30)25-29(2,3)24-26-21-18-17-19-22-26;/h17-19,21-22H,4-16,20,23-25H2,1-3H3;1H. The fourth-order valence-corrected chi connectivity index (χ4v) is 4.13. The van der Waals surface area contributed by atoms with Gasteiger partial charge in [0.1, 0.15) is 6.54 Å². The number of halogens is 1. The summed E-state index contributed by atoms with van der Waals surface area (Å²) in [5, 5.41) is 3.11. The van der Waals surface area contributed by atoms with Crippen molar-refractivity contribution in [2.75, 3.05) is 27.2 Å². The lowest BCUT2D eigenvalue weighted by Gasteiger charge is -2.29. The van der Waals surface area contributed by atoms with Crippen LogP contribution in [0.25, 0.3) is 0 Å². The number of hydrogen-bond acceptors (Lipinski definition) is 1. The molecule has 0 aliphatic heterocycles. The Morgan fingerprint density at radius 2 is 1.19 bits per heavy atom. The molecule has 0 saturated heterocycles. The van der Waals surface area contributed by atoms with E-state index in [1.807, 2.05) is 6.07 Å². The third-order valence-corrected chi connectivity index (χ3v) is 5.88. The van der Waals surface area contributed by atoms with Crippen LogP contribution in [0.3, 0.4) is 0 Å². The average Bonchev–Trinajstić information content (AvgIpc) is 2.71. The summed E-state index contributed by atoms with van der Waals surface area (Å²) in [7, 11) is 4.25. The molecule has 0 radical (unpaired) electrons. The Labute approximate surface area is 199 Å². The van der Waals surface area contributed by atoms with E-state index in [9.17, 15) is 4.79 Å². The molecule has 0 fully saturated rings. The molecule has 3 nitrogen and oxygen atoms in total. The number of benzene rings is 1. The maximum Gasteiger partial charge on any atom is 0.275 e. The average molecular weight is 453 g/mol. The molecule has 0 aliphatic carbocycles. The van der Waals surface area contributed by atoms with Gasteiger partial charge in [-0.2, -0.15) is 0 Å². The summed E-state index contributed by atoms with van der Waals surface area (Å²) in [6.07, 6.45) is 19.1. The Hall–Kier alpha value is -1.06. The van der Waals surface area contributed by atoms with Gasteiger partial charge < -0.3 is 22.2 Å². The lowest BCUT2D eigenvalue weighted by molar-refractivity contribution is -0.895. The maximum atomic E-state index is 12.3. The minimum absolute atomic E-state index is 0. The molecule has 31 heavy (non-hydrogen) atoms. The first-order valence-electron chi connectivity index (χ1n) is 12.7. The minimum Gasteiger partial charge on any atom is -1.00 e. The van der Waals surface area contributed by atoms with E-state index in [0.29, 0.717) is 11.0 Å². The van der Waals surface area contributed by atoms with Crippen LogP contribution in [0.1, 0.15) is 102 Å². The Morgan fingerprint density at radius 3 is 1.68 bits per heavy atom. The molecule has 0 spiro atoms. The highest BCUT2D eigenvalue weighted by Crippen LogP contribution is 2.13. The second kappa shape index (κ2) is 19.6. The number of quaternary nitrogens is 1. The third-order valence-electron chi connectivity index (χ3n) is 5.88. The van der Waals surface area contributed by atoms with Gasteiger partial charge in [-0.15, -0.1) is 0 Å². The van der Waals surface area contributed by atoms with Gasteiger partial charge in [-0.05, 0) is 6.42 Å². The number of carbonyl (C=O) groups is 1. The fourth-order valence-electron chi connectivity index (χ4n) is 4.13. The van der Waals surface area contributed by atoms with Crippen molar-refractivity contribution >= 4 is 5.91 Å². The van der Waals surface area contributed by atoms with Gasteiger partial charge in [0.05, 0.1) is 14.1 Å². The normalized spacial score (nSPS) is 11.2. The van der Waals surface area contributed by atoms with Gasteiger partial charge in [0, 0.05) is 12.1 Å². The summed E-state index contributed by atoms with van der Waals surface area (Å²) in [4.78, 5) is 12.3. The molecule has 1 aromatic rings. The van der Waals surface area contributed by atoms with Crippen molar-refractivity contribution in [2.24, 2.45) is 0 Å². The predicted molar refractivity (Wildman–Crippen MR) is 130 cm³/mol. The number of carbonyl (C=O) groups excluding carboxylic acids is 1. The molecule has 0 aromatic heterocycles. The number of nitrogens with zero attached hydrogens (tertiary/aromatic N) is 1. The van der Waals surface area contributed by atoms with Gasteiger partial charge >= 0.3 is 0 Å². The van der Waals surface area contributed by atoms with Crippen LogP contribution in [-0.2, 0) is 11.3 Å². The van der Waals surface area contributed by atoms with E-state index in [1.54, 1.807) is 0 Å². The van der Waals surface area contributed by atoms with Crippen molar-refractivity contribution in [3.8, 4) is 0 Å². The van der Waals surface area contributed by atoms with Crippen LogP contribution in [0.5, 0.6) is 0 Å². The number of likely N-dealkylation sites (N-methyl/N-ethyl adjacent to an activating group) is 1. The van der Waals surface area contributed by atoms with E-state index in [0.717, 1.165) is 19.5 Å². The zero-order valence-corrected chi connectivity index (χ0v) is 21.4. The second-order valence-corrected chi connectivity index (χ2v) is 9.68. The molecule has 4 heteroatoms. The summed E-state index contributed by atoms with van der Waals surface area (Å²) in [6.45, 7) is 4.52. The van der Waals surface area contributed by atoms with E-state index in [1.165, 1.54) is 89.0 Å². The molecule has 1 N–H and O–H groups in total. The van der Waals surface area contributed by atoms with Gasteiger partial charge in [0.25, 0.3) is 5.91 Å². The van der Waals surface area contributed by atoms with Gasteiger partial charge in [0.2, 0.25) is 0 Å². The first kappa shape index (κ1) is 29.9. The zero-order valence-electron chi connectivity index (χ0n) is 20.6. The molecule has 1 rings (SSSR count). The summed E-state index contributed by atoms with van der Waals surface area (Å²) in [5.41, 5.74) is 1.28. The minimum atomic E-state index is 0. The van der Waals surface area contributed by atoms with Gasteiger partial charge in [-0.25, -0.2) is 0 Å². The van der Waals surface area contributed by atoms with Crippen molar-refractivity contribution in [2.45, 2.75) is 103 Å². The van der Waals surface area contributed by atoms with E-state index < -0.39 is 0 Å². The van der Waals surface area contributed by atoms with E-state index >= 15 is 0 Å². The predicted octanol–water partition coefficient (Wildman–Crippen LogP) is 3.86. The molecular formula is C27H49ClN2O. The van der Waals surface area contributed by atoms with E-state index in [4.69, 9.17) is 0 Å². The highest BCUT2D eigenvalue weighted by Gasteiger charge is 2.20. The third kappa shape index (κ3) is 18.2. The van der Waals surface area contributed by atoms with Crippen LogP contribution in [0.4, 0.5) is 0 Å². The Bertz CT molecular complexity index is 533. The number of rotatable bonds is 19. The maximum absolute atomic E-state index is 12.3. The quantitative estimate of drug-likeness (QED) is 0.250. The van der Waals surface area contributed by atoms with Crippen LogP contribution in [0.15, 0.2) is 30.3 Å².